The third-order valence-electron chi connectivity index (χ3n) is 8.68. The Kier molecular flexibility index (Phi) is 9.66. The smallest absolute Gasteiger partial charge is 0.282 e. The maximum atomic E-state index is 13.6. The van der Waals surface area contributed by atoms with Crippen LogP contribution in [-0.2, 0) is 40.2 Å². The van der Waals surface area contributed by atoms with Gasteiger partial charge in [-0.05, 0) is 41.7 Å². The molecule has 220 valence electrons. The van der Waals surface area contributed by atoms with E-state index in [9.17, 15) is 14.4 Å². The number of quaternary nitrogens is 2. The molecular formula is C34H43N5O3+2. The molecule has 1 heterocycles. The number of rotatable bonds is 10. The van der Waals surface area contributed by atoms with Gasteiger partial charge in [-0.3, -0.25) is 14.4 Å². The summed E-state index contributed by atoms with van der Waals surface area (Å²) in [6.45, 7) is 5.84. The Labute approximate surface area is 248 Å². The van der Waals surface area contributed by atoms with E-state index >= 15 is 0 Å². The molecule has 8 heteroatoms. The number of carbonyl (C=O) groups is 3. The lowest BCUT2D eigenvalue weighted by molar-refractivity contribution is -0.917. The Morgan fingerprint density at radius 1 is 0.881 bits per heavy atom. The number of fused-ring (bicyclic) bond motifs is 1. The average Bonchev–Trinajstić information content (AvgIpc) is 3.46. The van der Waals surface area contributed by atoms with Crippen molar-refractivity contribution in [1.29, 1.82) is 0 Å². The van der Waals surface area contributed by atoms with Gasteiger partial charge < -0.3 is 26.2 Å². The van der Waals surface area contributed by atoms with E-state index in [0.29, 0.717) is 31.6 Å². The molecule has 0 spiro atoms. The molecule has 2 aliphatic rings. The molecule has 5 rings (SSSR count). The van der Waals surface area contributed by atoms with Crippen molar-refractivity contribution in [1.82, 2.24) is 10.2 Å². The predicted molar refractivity (Wildman–Crippen MR) is 162 cm³/mol. The van der Waals surface area contributed by atoms with Crippen LogP contribution in [0, 0.1) is 5.92 Å². The number of piperazine rings is 1. The normalized spacial score (nSPS) is 16.9. The number of nitrogens with one attached hydrogen (secondary N) is 3. The summed E-state index contributed by atoms with van der Waals surface area (Å²) in [7, 11) is 0. The van der Waals surface area contributed by atoms with Gasteiger partial charge in [-0.2, -0.15) is 0 Å². The Morgan fingerprint density at radius 2 is 1.50 bits per heavy atom. The van der Waals surface area contributed by atoms with E-state index in [0.717, 1.165) is 38.0 Å². The molecule has 0 bridgehead atoms. The first-order valence-electron chi connectivity index (χ1n) is 15.1. The largest absolute Gasteiger partial charge is 0.347 e. The molecule has 0 radical (unpaired) electrons. The van der Waals surface area contributed by atoms with Crippen molar-refractivity contribution in [3.63, 3.8) is 0 Å². The summed E-state index contributed by atoms with van der Waals surface area (Å²) in [4.78, 5) is 42.2. The van der Waals surface area contributed by atoms with E-state index in [1.54, 1.807) is 6.92 Å². The minimum atomic E-state index is -0.623. The molecule has 42 heavy (non-hydrogen) atoms. The lowest BCUT2D eigenvalue weighted by Crippen LogP contribution is -3.13. The quantitative estimate of drug-likeness (QED) is 0.293. The van der Waals surface area contributed by atoms with Crippen LogP contribution in [0.3, 0.4) is 0 Å². The van der Waals surface area contributed by atoms with Crippen molar-refractivity contribution < 1.29 is 25.0 Å². The SMILES string of the molecule is CCC(=O)N[C@H](Cc1ccc(NC(=O)[C@@H]([NH3+])C2Cc3ccccc3C2)cc1)C(=O)N1CC[NH+](Cc2ccccc2)CC1. The third kappa shape index (κ3) is 7.43. The average molecular weight is 570 g/mol. The van der Waals surface area contributed by atoms with E-state index < -0.39 is 6.04 Å². The van der Waals surface area contributed by atoms with Gasteiger partial charge in [-0.1, -0.05) is 73.7 Å². The zero-order valence-corrected chi connectivity index (χ0v) is 24.5. The molecule has 0 aromatic heterocycles. The molecule has 1 saturated heterocycles. The summed E-state index contributed by atoms with van der Waals surface area (Å²) in [6, 6.07) is 25.4. The van der Waals surface area contributed by atoms with Crippen LogP contribution in [0.5, 0.6) is 0 Å². The standard InChI is InChI=1S/C34H41N5O3/c1-2-31(40)37-30(34(42)39-18-16-38(17-19-39)23-25-8-4-3-5-9-25)20-24-12-14-29(15-13-24)36-33(41)32(35)28-21-26-10-6-7-11-27(26)22-28/h3-15,28,30,32H,2,16-23,35H2,1H3,(H,36,41)(H,37,40)/p+2/t30-,32+/m1/s1. The highest BCUT2D eigenvalue weighted by molar-refractivity contribution is 5.94. The molecule has 3 aromatic carbocycles. The first kappa shape index (κ1) is 29.5. The minimum Gasteiger partial charge on any atom is -0.347 e. The van der Waals surface area contributed by atoms with Gasteiger partial charge in [0.15, 0.2) is 6.04 Å². The zero-order valence-electron chi connectivity index (χ0n) is 24.5. The van der Waals surface area contributed by atoms with Gasteiger partial charge in [0.1, 0.15) is 12.6 Å². The van der Waals surface area contributed by atoms with E-state index in [-0.39, 0.29) is 29.7 Å². The zero-order chi connectivity index (χ0) is 29.5. The van der Waals surface area contributed by atoms with Crippen LogP contribution in [0.4, 0.5) is 5.69 Å². The number of hydrogen-bond acceptors (Lipinski definition) is 3. The van der Waals surface area contributed by atoms with E-state index in [1.165, 1.54) is 21.6 Å². The Hall–Kier alpha value is -4.01. The fourth-order valence-electron chi connectivity index (χ4n) is 6.11. The van der Waals surface area contributed by atoms with Crippen molar-refractivity contribution >= 4 is 23.4 Å². The van der Waals surface area contributed by atoms with Crippen molar-refractivity contribution in [3.05, 3.63) is 101 Å². The fraction of sp³-hybridized carbons (Fsp3) is 0.382. The van der Waals surface area contributed by atoms with Crippen molar-refractivity contribution in [3.8, 4) is 0 Å². The second-order valence-electron chi connectivity index (χ2n) is 11.6. The monoisotopic (exact) mass is 569 g/mol. The van der Waals surface area contributed by atoms with E-state index in [1.807, 2.05) is 47.4 Å². The van der Waals surface area contributed by atoms with Crippen LogP contribution in [0.1, 0.15) is 35.6 Å². The lowest BCUT2D eigenvalue weighted by Gasteiger charge is -2.34. The maximum Gasteiger partial charge on any atom is 0.282 e. The van der Waals surface area contributed by atoms with Gasteiger partial charge in [0.25, 0.3) is 5.91 Å². The summed E-state index contributed by atoms with van der Waals surface area (Å²) in [6.07, 6.45) is 2.47. The Balaban J connectivity index is 1.15. The molecule has 1 aliphatic carbocycles. The van der Waals surface area contributed by atoms with Crippen LogP contribution < -0.4 is 21.3 Å². The lowest BCUT2D eigenvalue weighted by atomic mass is 9.96. The van der Waals surface area contributed by atoms with Crippen molar-refractivity contribution in [2.24, 2.45) is 5.92 Å². The van der Waals surface area contributed by atoms with Gasteiger partial charge in [-0.25, -0.2) is 0 Å². The van der Waals surface area contributed by atoms with Gasteiger partial charge in [-0.15, -0.1) is 0 Å². The number of benzene rings is 3. The van der Waals surface area contributed by atoms with Gasteiger partial charge in [0, 0.05) is 30.0 Å². The van der Waals surface area contributed by atoms with E-state index in [2.05, 4.69) is 52.8 Å². The summed E-state index contributed by atoms with van der Waals surface area (Å²) >= 11 is 0. The van der Waals surface area contributed by atoms with Crippen LogP contribution >= 0.6 is 0 Å². The highest BCUT2D eigenvalue weighted by Crippen LogP contribution is 2.28. The van der Waals surface area contributed by atoms with Crippen LogP contribution in [0.15, 0.2) is 78.9 Å². The highest BCUT2D eigenvalue weighted by atomic mass is 16.2. The molecule has 8 nitrogen and oxygen atoms in total. The van der Waals surface area contributed by atoms with Crippen molar-refractivity contribution in [2.45, 2.75) is 51.2 Å². The van der Waals surface area contributed by atoms with Gasteiger partial charge in [0.2, 0.25) is 11.8 Å². The predicted octanol–water partition coefficient (Wildman–Crippen LogP) is 1.02. The number of carbonyl (C=O) groups excluding carboxylic acids is 3. The molecule has 3 amide bonds. The van der Waals surface area contributed by atoms with Crippen LogP contribution in [0.2, 0.25) is 0 Å². The van der Waals surface area contributed by atoms with Gasteiger partial charge >= 0.3 is 0 Å². The second-order valence-corrected chi connectivity index (χ2v) is 11.6. The van der Waals surface area contributed by atoms with Crippen molar-refractivity contribution in [2.75, 3.05) is 31.5 Å². The highest BCUT2D eigenvalue weighted by Gasteiger charge is 2.34. The fourth-order valence-corrected chi connectivity index (χ4v) is 6.11. The van der Waals surface area contributed by atoms with Crippen LogP contribution in [0.25, 0.3) is 0 Å². The Bertz CT molecular complexity index is 1340. The first-order valence-corrected chi connectivity index (χ1v) is 15.1. The molecular weight excluding hydrogens is 526 g/mol. The molecule has 3 aromatic rings. The summed E-state index contributed by atoms with van der Waals surface area (Å²) in [5, 5.41) is 5.96. The number of hydrogen-bond donors (Lipinski definition) is 4. The molecule has 0 saturated carbocycles. The second kappa shape index (κ2) is 13.8. The summed E-state index contributed by atoms with van der Waals surface area (Å²) < 4.78 is 0. The first-order chi connectivity index (χ1) is 20.4. The number of anilines is 1. The number of amides is 3. The number of nitrogens with zero attached hydrogens (tertiary/aromatic N) is 1. The summed E-state index contributed by atoms with van der Waals surface area (Å²) in [5.41, 5.74) is 9.73. The molecule has 6 N–H and O–H groups in total. The molecule has 2 atom stereocenters. The third-order valence-corrected chi connectivity index (χ3v) is 8.68. The molecule has 0 unspecified atom stereocenters. The van der Waals surface area contributed by atoms with E-state index in [4.69, 9.17) is 0 Å². The molecule has 1 fully saturated rings. The molecule has 1 aliphatic heterocycles. The maximum absolute atomic E-state index is 13.6. The van der Waals surface area contributed by atoms with Crippen LogP contribution in [-0.4, -0.2) is 60.9 Å². The Morgan fingerprint density at radius 3 is 2.12 bits per heavy atom. The van der Waals surface area contributed by atoms with Gasteiger partial charge in [0.05, 0.1) is 26.2 Å². The minimum absolute atomic E-state index is 0.0367. The summed E-state index contributed by atoms with van der Waals surface area (Å²) in [5.74, 6) is -0.0682. The topological polar surface area (TPSA) is 111 Å².